The SMILES string of the molecule is CCC(C)N(CCC(=O)Nc1c(C)cc(C)cc1Cl)S(C)(=O)=O. The van der Waals surface area contributed by atoms with Gasteiger partial charge in [-0.25, -0.2) is 8.42 Å². The van der Waals surface area contributed by atoms with Crippen LogP contribution in [-0.4, -0.2) is 37.5 Å². The molecule has 0 aliphatic heterocycles. The second-order valence-electron chi connectivity index (χ2n) is 5.87. The molecule has 130 valence electrons. The fraction of sp³-hybridized carbons (Fsp3) is 0.562. The standard InChI is InChI=1S/C16H25ClN2O3S/c1-6-13(4)19(23(5,21)22)8-7-15(20)18-16-12(3)9-11(2)10-14(16)17/h9-10,13H,6-8H2,1-5H3,(H,18,20). The van der Waals surface area contributed by atoms with Crippen LogP contribution in [0, 0.1) is 13.8 Å². The van der Waals surface area contributed by atoms with Gasteiger partial charge in [0, 0.05) is 19.0 Å². The molecule has 0 saturated heterocycles. The first-order chi connectivity index (χ1) is 10.6. The first-order valence-electron chi connectivity index (χ1n) is 7.59. The number of nitrogens with one attached hydrogen (secondary N) is 1. The van der Waals surface area contributed by atoms with Crippen molar-refractivity contribution in [1.29, 1.82) is 0 Å². The number of benzene rings is 1. The molecule has 1 aromatic carbocycles. The third-order valence-corrected chi connectivity index (χ3v) is 5.46. The number of aryl methyl sites for hydroxylation is 2. The summed E-state index contributed by atoms with van der Waals surface area (Å²) in [4.78, 5) is 12.2. The molecule has 0 fully saturated rings. The van der Waals surface area contributed by atoms with E-state index in [9.17, 15) is 13.2 Å². The number of amides is 1. The van der Waals surface area contributed by atoms with Crippen LogP contribution >= 0.6 is 11.6 Å². The Kier molecular flexibility index (Phi) is 7.04. The molecule has 1 aromatic rings. The first kappa shape index (κ1) is 19.9. The molecule has 0 saturated carbocycles. The summed E-state index contributed by atoms with van der Waals surface area (Å²) in [5.74, 6) is -0.254. The highest BCUT2D eigenvalue weighted by molar-refractivity contribution is 7.88. The van der Waals surface area contributed by atoms with Crippen molar-refractivity contribution in [3.8, 4) is 0 Å². The van der Waals surface area contributed by atoms with Crippen molar-refractivity contribution >= 4 is 33.2 Å². The van der Waals surface area contributed by atoms with Crippen LogP contribution in [0.3, 0.4) is 0 Å². The van der Waals surface area contributed by atoms with Crippen molar-refractivity contribution in [2.45, 2.75) is 46.6 Å². The van der Waals surface area contributed by atoms with Gasteiger partial charge in [0.1, 0.15) is 0 Å². The molecule has 0 heterocycles. The fourth-order valence-corrected chi connectivity index (χ4v) is 4.00. The van der Waals surface area contributed by atoms with E-state index in [0.717, 1.165) is 17.4 Å². The molecule has 0 aromatic heterocycles. The Balaban J connectivity index is 2.78. The average Bonchev–Trinajstić information content (AvgIpc) is 2.41. The molecule has 7 heteroatoms. The molecule has 1 unspecified atom stereocenters. The minimum atomic E-state index is -3.34. The minimum Gasteiger partial charge on any atom is -0.325 e. The van der Waals surface area contributed by atoms with Gasteiger partial charge in [-0.1, -0.05) is 24.6 Å². The molecule has 1 atom stereocenters. The Morgan fingerprint density at radius 2 is 1.96 bits per heavy atom. The van der Waals surface area contributed by atoms with E-state index in [1.165, 1.54) is 4.31 Å². The zero-order valence-corrected chi connectivity index (χ0v) is 15.9. The third-order valence-electron chi connectivity index (χ3n) is 3.76. The van der Waals surface area contributed by atoms with E-state index < -0.39 is 10.0 Å². The molecule has 1 N–H and O–H groups in total. The first-order valence-corrected chi connectivity index (χ1v) is 9.82. The zero-order valence-electron chi connectivity index (χ0n) is 14.3. The van der Waals surface area contributed by atoms with Gasteiger partial charge in [-0.3, -0.25) is 4.79 Å². The number of carbonyl (C=O) groups excluding carboxylic acids is 1. The maximum absolute atomic E-state index is 12.2. The molecule has 0 aliphatic carbocycles. The van der Waals surface area contributed by atoms with Gasteiger partial charge in [0.25, 0.3) is 0 Å². The number of halogens is 1. The zero-order chi connectivity index (χ0) is 17.8. The molecule has 0 radical (unpaired) electrons. The number of carbonyl (C=O) groups is 1. The van der Waals surface area contributed by atoms with E-state index in [4.69, 9.17) is 11.6 Å². The molecule has 0 aliphatic rings. The predicted octanol–water partition coefficient (Wildman–Crippen LogP) is 3.35. The molecule has 0 bridgehead atoms. The molecule has 23 heavy (non-hydrogen) atoms. The van der Waals surface area contributed by atoms with Gasteiger partial charge in [-0.15, -0.1) is 0 Å². The Morgan fingerprint density at radius 1 is 1.35 bits per heavy atom. The van der Waals surface area contributed by atoms with Crippen molar-refractivity contribution in [3.05, 3.63) is 28.3 Å². The van der Waals surface area contributed by atoms with Crippen LogP contribution in [0.5, 0.6) is 0 Å². The number of sulfonamides is 1. The molecule has 1 amide bonds. The minimum absolute atomic E-state index is 0.0844. The quantitative estimate of drug-likeness (QED) is 0.810. The Bertz CT molecular complexity index is 651. The van der Waals surface area contributed by atoms with Crippen LogP contribution in [0.25, 0.3) is 0 Å². The van der Waals surface area contributed by atoms with E-state index >= 15 is 0 Å². The van der Waals surface area contributed by atoms with Crippen LogP contribution in [-0.2, 0) is 14.8 Å². The van der Waals surface area contributed by atoms with Gasteiger partial charge in [-0.05, 0) is 44.4 Å². The second-order valence-corrected chi connectivity index (χ2v) is 8.21. The number of anilines is 1. The number of rotatable bonds is 7. The lowest BCUT2D eigenvalue weighted by atomic mass is 10.1. The van der Waals surface area contributed by atoms with Crippen LogP contribution in [0.15, 0.2) is 12.1 Å². The summed E-state index contributed by atoms with van der Waals surface area (Å²) < 4.78 is 25.0. The van der Waals surface area contributed by atoms with Crippen LogP contribution in [0.2, 0.25) is 5.02 Å². The van der Waals surface area contributed by atoms with Crippen molar-refractivity contribution in [3.63, 3.8) is 0 Å². The Morgan fingerprint density at radius 3 is 2.43 bits per heavy atom. The maximum Gasteiger partial charge on any atom is 0.225 e. The topological polar surface area (TPSA) is 66.5 Å². The average molecular weight is 361 g/mol. The van der Waals surface area contributed by atoms with Gasteiger partial charge in [0.05, 0.1) is 17.0 Å². The summed E-state index contributed by atoms with van der Waals surface area (Å²) in [5, 5.41) is 3.26. The van der Waals surface area contributed by atoms with Crippen LogP contribution < -0.4 is 5.32 Å². The number of nitrogens with zero attached hydrogens (tertiary/aromatic N) is 1. The summed E-state index contributed by atoms with van der Waals surface area (Å²) in [6.07, 6.45) is 1.94. The van der Waals surface area contributed by atoms with Crippen LogP contribution in [0.1, 0.15) is 37.8 Å². The Labute approximate surface area is 144 Å². The van der Waals surface area contributed by atoms with E-state index in [2.05, 4.69) is 5.32 Å². The molecule has 1 rings (SSSR count). The summed E-state index contributed by atoms with van der Waals surface area (Å²) >= 11 is 6.17. The van der Waals surface area contributed by atoms with E-state index in [1.54, 1.807) is 6.07 Å². The molecular weight excluding hydrogens is 336 g/mol. The normalized spacial score (nSPS) is 13.2. The largest absolute Gasteiger partial charge is 0.325 e. The molecule has 0 spiro atoms. The van der Waals surface area contributed by atoms with Crippen molar-refractivity contribution in [2.75, 3.05) is 18.1 Å². The summed E-state index contributed by atoms with van der Waals surface area (Å²) in [7, 11) is -3.34. The van der Waals surface area contributed by atoms with Crippen molar-refractivity contribution < 1.29 is 13.2 Å². The molecule has 5 nitrogen and oxygen atoms in total. The molecular formula is C16H25ClN2O3S. The number of hydrogen-bond donors (Lipinski definition) is 1. The van der Waals surface area contributed by atoms with E-state index in [-0.39, 0.29) is 24.9 Å². The summed E-state index contributed by atoms with van der Waals surface area (Å²) in [6.45, 7) is 7.71. The van der Waals surface area contributed by atoms with Crippen molar-refractivity contribution in [2.24, 2.45) is 0 Å². The van der Waals surface area contributed by atoms with Gasteiger partial charge >= 0.3 is 0 Å². The highest BCUT2D eigenvalue weighted by Crippen LogP contribution is 2.27. The lowest BCUT2D eigenvalue weighted by Gasteiger charge is -2.25. The number of hydrogen-bond acceptors (Lipinski definition) is 3. The highest BCUT2D eigenvalue weighted by atomic mass is 35.5. The lowest BCUT2D eigenvalue weighted by Crippen LogP contribution is -2.39. The monoisotopic (exact) mass is 360 g/mol. The smallest absolute Gasteiger partial charge is 0.225 e. The fourth-order valence-electron chi connectivity index (χ4n) is 2.40. The maximum atomic E-state index is 12.2. The lowest BCUT2D eigenvalue weighted by molar-refractivity contribution is -0.116. The highest BCUT2D eigenvalue weighted by Gasteiger charge is 2.23. The van der Waals surface area contributed by atoms with Gasteiger partial charge in [0.15, 0.2) is 0 Å². The Hall–Kier alpha value is -1.11. The third kappa shape index (κ3) is 5.79. The van der Waals surface area contributed by atoms with Crippen molar-refractivity contribution in [1.82, 2.24) is 4.31 Å². The predicted molar refractivity (Wildman–Crippen MR) is 95.5 cm³/mol. The summed E-state index contributed by atoms with van der Waals surface area (Å²) in [6, 6.07) is 3.58. The van der Waals surface area contributed by atoms with Crippen LogP contribution in [0.4, 0.5) is 5.69 Å². The van der Waals surface area contributed by atoms with Gasteiger partial charge in [0.2, 0.25) is 15.9 Å². The van der Waals surface area contributed by atoms with Gasteiger partial charge in [-0.2, -0.15) is 4.31 Å². The summed E-state index contributed by atoms with van der Waals surface area (Å²) in [5.41, 5.74) is 2.48. The van der Waals surface area contributed by atoms with Gasteiger partial charge < -0.3 is 5.32 Å². The van der Waals surface area contributed by atoms with E-state index in [0.29, 0.717) is 17.1 Å². The van der Waals surface area contributed by atoms with E-state index in [1.807, 2.05) is 33.8 Å². The second kappa shape index (κ2) is 8.13.